The van der Waals surface area contributed by atoms with Crippen LogP contribution in [0.2, 0.25) is 0 Å². The maximum atomic E-state index is 11.7. The van der Waals surface area contributed by atoms with Crippen LogP contribution in [0, 0.1) is 0 Å². The Hall–Kier alpha value is -1.18. The molecule has 96 valence electrons. The summed E-state index contributed by atoms with van der Waals surface area (Å²) in [6.45, 7) is 3.32. The third kappa shape index (κ3) is 4.68. The van der Waals surface area contributed by atoms with Crippen molar-refractivity contribution in [1.82, 2.24) is 9.71 Å². The van der Waals surface area contributed by atoms with Crippen molar-refractivity contribution in [2.75, 3.05) is 19.8 Å². The van der Waals surface area contributed by atoms with Gasteiger partial charge in [-0.3, -0.25) is 4.79 Å². The van der Waals surface area contributed by atoms with E-state index in [4.69, 9.17) is 4.74 Å². The number of nitrogens with one attached hydrogen (secondary N) is 2. The third-order valence-corrected chi connectivity index (χ3v) is 3.49. The van der Waals surface area contributed by atoms with Crippen molar-refractivity contribution in [2.45, 2.75) is 18.2 Å². The van der Waals surface area contributed by atoms with Crippen LogP contribution in [-0.2, 0) is 14.8 Å². The summed E-state index contributed by atoms with van der Waals surface area (Å²) in [4.78, 5) is 13.2. The minimum Gasteiger partial charge on any atom is -0.382 e. The van der Waals surface area contributed by atoms with Gasteiger partial charge in [-0.1, -0.05) is 0 Å². The number of rotatable bonds is 7. The Morgan fingerprint density at radius 2 is 2.18 bits per heavy atom. The van der Waals surface area contributed by atoms with Gasteiger partial charge in [0.1, 0.15) is 0 Å². The summed E-state index contributed by atoms with van der Waals surface area (Å²) in [5.74, 6) is 0. The SMILES string of the molecule is CCOCCCNS(=O)(=O)c1ccc(=O)[nH]c1. The molecular weight excluding hydrogens is 244 g/mol. The molecule has 0 amide bonds. The van der Waals surface area contributed by atoms with E-state index < -0.39 is 10.0 Å². The largest absolute Gasteiger partial charge is 0.382 e. The number of hydrogen-bond donors (Lipinski definition) is 2. The lowest BCUT2D eigenvalue weighted by Gasteiger charge is -2.06. The van der Waals surface area contributed by atoms with Crippen LogP contribution in [0.1, 0.15) is 13.3 Å². The van der Waals surface area contributed by atoms with E-state index in [1.165, 1.54) is 18.3 Å². The number of pyridine rings is 1. The molecule has 0 spiro atoms. The van der Waals surface area contributed by atoms with Crippen molar-refractivity contribution in [3.8, 4) is 0 Å². The summed E-state index contributed by atoms with van der Waals surface area (Å²) in [6, 6.07) is 2.44. The molecule has 0 saturated heterocycles. The Morgan fingerprint density at radius 3 is 2.76 bits per heavy atom. The molecule has 1 heterocycles. The summed E-state index contributed by atoms with van der Waals surface area (Å²) < 4.78 is 30.9. The Labute approximate surface area is 100 Å². The zero-order valence-corrected chi connectivity index (χ0v) is 10.4. The fourth-order valence-corrected chi connectivity index (χ4v) is 2.21. The summed E-state index contributed by atoms with van der Waals surface area (Å²) in [7, 11) is -3.54. The Balaban J connectivity index is 2.51. The summed E-state index contributed by atoms with van der Waals surface area (Å²) in [6.07, 6.45) is 1.78. The Kier molecular flexibility index (Phi) is 5.33. The first-order valence-electron chi connectivity index (χ1n) is 5.32. The van der Waals surface area contributed by atoms with Crippen LogP contribution in [0.3, 0.4) is 0 Å². The van der Waals surface area contributed by atoms with Crippen molar-refractivity contribution in [2.24, 2.45) is 0 Å². The van der Waals surface area contributed by atoms with Crippen LogP contribution >= 0.6 is 0 Å². The van der Waals surface area contributed by atoms with Gasteiger partial charge in [0.2, 0.25) is 15.6 Å². The highest BCUT2D eigenvalue weighted by molar-refractivity contribution is 7.89. The Morgan fingerprint density at radius 1 is 1.41 bits per heavy atom. The average Bonchev–Trinajstić information content (AvgIpc) is 2.29. The molecule has 0 fully saturated rings. The highest BCUT2D eigenvalue weighted by Gasteiger charge is 2.12. The monoisotopic (exact) mass is 260 g/mol. The minimum atomic E-state index is -3.54. The van der Waals surface area contributed by atoms with Gasteiger partial charge in [0, 0.05) is 32.0 Å². The smallest absolute Gasteiger partial charge is 0.247 e. The molecule has 6 nitrogen and oxygen atoms in total. The summed E-state index contributed by atoms with van der Waals surface area (Å²) in [5, 5.41) is 0. The highest BCUT2D eigenvalue weighted by atomic mass is 32.2. The van der Waals surface area contributed by atoms with E-state index in [1.807, 2.05) is 6.92 Å². The van der Waals surface area contributed by atoms with E-state index >= 15 is 0 Å². The minimum absolute atomic E-state index is 0.0495. The van der Waals surface area contributed by atoms with Crippen LogP contribution in [0.15, 0.2) is 28.0 Å². The van der Waals surface area contributed by atoms with Gasteiger partial charge in [-0.25, -0.2) is 13.1 Å². The molecule has 1 aromatic rings. The maximum Gasteiger partial charge on any atom is 0.247 e. The normalized spacial score (nSPS) is 11.6. The fraction of sp³-hybridized carbons (Fsp3) is 0.500. The van der Waals surface area contributed by atoms with Gasteiger partial charge in [0.25, 0.3) is 0 Å². The molecule has 0 aromatic carbocycles. The van der Waals surface area contributed by atoms with Crippen LogP contribution in [0.25, 0.3) is 0 Å². The lowest BCUT2D eigenvalue weighted by atomic mass is 10.5. The van der Waals surface area contributed by atoms with Gasteiger partial charge in [0.15, 0.2) is 0 Å². The van der Waals surface area contributed by atoms with Crippen LogP contribution < -0.4 is 10.3 Å². The van der Waals surface area contributed by atoms with Gasteiger partial charge in [-0.15, -0.1) is 0 Å². The van der Waals surface area contributed by atoms with Crippen molar-refractivity contribution < 1.29 is 13.2 Å². The zero-order chi connectivity index (χ0) is 12.7. The second-order valence-electron chi connectivity index (χ2n) is 3.34. The van der Waals surface area contributed by atoms with Crippen molar-refractivity contribution >= 4 is 10.0 Å². The van der Waals surface area contributed by atoms with Gasteiger partial charge >= 0.3 is 0 Å². The maximum absolute atomic E-state index is 11.7. The molecule has 0 bridgehead atoms. The number of aromatic amines is 1. The zero-order valence-electron chi connectivity index (χ0n) is 9.60. The molecule has 7 heteroatoms. The van der Waals surface area contributed by atoms with E-state index in [0.29, 0.717) is 26.2 Å². The van der Waals surface area contributed by atoms with E-state index in [9.17, 15) is 13.2 Å². The summed E-state index contributed by atoms with van der Waals surface area (Å²) >= 11 is 0. The van der Waals surface area contributed by atoms with Crippen LogP contribution in [-0.4, -0.2) is 33.2 Å². The quantitative estimate of drug-likeness (QED) is 0.680. The van der Waals surface area contributed by atoms with Crippen molar-refractivity contribution in [3.05, 3.63) is 28.7 Å². The first kappa shape index (κ1) is 13.9. The highest BCUT2D eigenvalue weighted by Crippen LogP contribution is 2.03. The number of hydrogen-bond acceptors (Lipinski definition) is 4. The molecule has 0 radical (unpaired) electrons. The predicted molar refractivity (Wildman–Crippen MR) is 63.4 cm³/mol. The van der Waals surface area contributed by atoms with E-state index in [2.05, 4.69) is 9.71 Å². The molecule has 0 aliphatic carbocycles. The lowest BCUT2D eigenvalue weighted by Crippen LogP contribution is -2.26. The molecule has 0 unspecified atom stereocenters. The van der Waals surface area contributed by atoms with Crippen LogP contribution in [0.4, 0.5) is 0 Å². The molecule has 17 heavy (non-hydrogen) atoms. The van der Waals surface area contributed by atoms with Crippen molar-refractivity contribution in [3.63, 3.8) is 0 Å². The first-order valence-corrected chi connectivity index (χ1v) is 6.80. The van der Waals surface area contributed by atoms with Gasteiger partial charge < -0.3 is 9.72 Å². The van der Waals surface area contributed by atoms with Gasteiger partial charge in [0.05, 0.1) is 4.90 Å². The van der Waals surface area contributed by atoms with Gasteiger partial charge in [-0.05, 0) is 19.4 Å². The second-order valence-corrected chi connectivity index (χ2v) is 5.10. The number of H-pyrrole nitrogens is 1. The molecule has 0 aliphatic rings. The number of sulfonamides is 1. The van der Waals surface area contributed by atoms with Crippen molar-refractivity contribution in [1.29, 1.82) is 0 Å². The number of aromatic nitrogens is 1. The Bertz CT molecular complexity index is 475. The number of ether oxygens (including phenoxy) is 1. The standard InChI is InChI=1S/C10H16N2O4S/c1-2-16-7-3-6-12-17(14,15)9-4-5-10(13)11-8-9/h4-5,8,12H,2-3,6-7H2,1H3,(H,11,13). The van der Waals surface area contributed by atoms with Gasteiger partial charge in [-0.2, -0.15) is 0 Å². The van der Waals surface area contributed by atoms with E-state index in [1.54, 1.807) is 0 Å². The van der Waals surface area contributed by atoms with Crippen LogP contribution in [0.5, 0.6) is 0 Å². The third-order valence-electron chi connectivity index (χ3n) is 2.03. The molecule has 0 aliphatic heterocycles. The molecule has 1 aromatic heterocycles. The average molecular weight is 260 g/mol. The lowest BCUT2D eigenvalue weighted by molar-refractivity contribution is 0.146. The topological polar surface area (TPSA) is 88.3 Å². The molecular formula is C10H16N2O4S. The molecule has 0 atom stereocenters. The van der Waals surface area contributed by atoms with E-state index in [-0.39, 0.29) is 10.5 Å². The molecule has 2 N–H and O–H groups in total. The first-order chi connectivity index (χ1) is 8.06. The van der Waals surface area contributed by atoms with E-state index in [0.717, 1.165) is 0 Å². The second kappa shape index (κ2) is 6.53. The molecule has 1 rings (SSSR count). The predicted octanol–water partition coefficient (Wildman–Crippen LogP) is 0.0798. The molecule has 0 saturated carbocycles. The summed E-state index contributed by atoms with van der Waals surface area (Å²) in [5.41, 5.74) is -0.333. The fourth-order valence-electron chi connectivity index (χ4n) is 1.17.